The number of halogens is 2. The Hall–Kier alpha value is -2.11. The number of amides is 2. The van der Waals surface area contributed by atoms with Crippen LogP contribution in [0.2, 0.25) is 0 Å². The van der Waals surface area contributed by atoms with Crippen molar-refractivity contribution < 1.29 is 23.2 Å². The summed E-state index contributed by atoms with van der Waals surface area (Å²) < 4.78 is 25.8. The minimum atomic E-state index is -0.761. The highest BCUT2D eigenvalue weighted by atomic mass is 19.1. The molecule has 0 saturated heterocycles. The Bertz CT molecular complexity index is 494. The lowest BCUT2D eigenvalue weighted by molar-refractivity contribution is -0.117. The van der Waals surface area contributed by atoms with Crippen LogP contribution in [0.3, 0.4) is 0 Å². The van der Waals surface area contributed by atoms with Crippen LogP contribution in [0.4, 0.5) is 8.78 Å². The lowest BCUT2D eigenvalue weighted by Crippen LogP contribution is -2.13. The molecular formula is C15H19F2NO3. The second-order valence-corrected chi connectivity index (χ2v) is 4.42. The lowest BCUT2D eigenvalue weighted by atomic mass is 9.96. The van der Waals surface area contributed by atoms with E-state index >= 15 is 0 Å². The average molecular weight is 299 g/mol. The highest BCUT2D eigenvalue weighted by Gasteiger charge is 2.45. The van der Waals surface area contributed by atoms with Gasteiger partial charge in [-0.25, -0.2) is 8.78 Å². The summed E-state index contributed by atoms with van der Waals surface area (Å²) in [5.41, 5.74) is -0.398. The molecule has 0 unspecified atom stereocenters. The number of hydrogen-bond acceptors (Lipinski definition) is 3. The van der Waals surface area contributed by atoms with Crippen LogP contribution in [0.5, 0.6) is 0 Å². The molecule has 0 heterocycles. The number of hydrogen-bond donors (Lipinski definition) is 1. The fraction of sp³-hybridized carbons (Fsp3) is 0.400. The van der Waals surface area contributed by atoms with Crippen molar-refractivity contribution in [3.63, 3.8) is 0 Å². The van der Waals surface area contributed by atoms with Gasteiger partial charge in [0.2, 0.25) is 12.8 Å². The summed E-state index contributed by atoms with van der Waals surface area (Å²) in [5, 5.41) is 1.75. The molecule has 21 heavy (non-hydrogen) atoms. The standard InChI is InChI=1S/C11H10F2O.C2H3NO2.C2H6/c1-11(4-5-11)10(14)8-3-2-7(12)6-9(8)13;4-1-3-2-5;1-2/h2-3,6H,4-5H2,1H3;1-2H,(H,3,4,5);1-2H3. The van der Waals surface area contributed by atoms with Gasteiger partial charge in [0.1, 0.15) is 11.6 Å². The molecule has 4 nitrogen and oxygen atoms in total. The van der Waals surface area contributed by atoms with E-state index in [0.29, 0.717) is 12.8 Å². The van der Waals surface area contributed by atoms with Crippen molar-refractivity contribution in [2.24, 2.45) is 5.41 Å². The number of Topliss-reactive ketones (excluding diaryl/α,β-unsaturated/α-hetero) is 1. The van der Waals surface area contributed by atoms with Gasteiger partial charge in [0.25, 0.3) is 0 Å². The van der Waals surface area contributed by atoms with E-state index in [9.17, 15) is 13.6 Å². The summed E-state index contributed by atoms with van der Waals surface area (Å²) in [5.74, 6) is -1.63. The molecular weight excluding hydrogens is 280 g/mol. The van der Waals surface area contributed by atoms with Crippen molar-refractivity contribution >= 4 is 18.6 Å². The molecule has 0 aliphatic heterocycles. The zero-order valence-corrected chi connectivity index (χ0v) is 12.3. The average Bonchev–Trinajstić information content (AvgIpc) is 3.21. The molecule has 2 amide bonds. The molecule has 0 atom stereocenters. The maximum atomic E-state index is 13.2. The van der Waals surface area contributed by atoms with Gasteiger partial charge >= 0.3 is 0 Å². The zero-order chi connectivity index (χ0) is 16.5. The summed E-state index contributed by atoms with van der Waals surface area (Å²) in [6.45, 7) is 5.80. The molecule has 0 spiro atoms. The van der Waals surface area contributed by atoms with Crippen LogP contribution in [0.15, 0.2) is 18.2 Å². The smallest absolute Gasteiger partial charge is 0.213 e. The Labute approximate surface area is 122 Å². The Morgan fingerprint density at radius 3 is 2.05 bits per heavy atom. The van der Waals surface area contributed by atoms with Gasteiger partial charge < -0.3 is 5.32 Å². The molecule has 1 aliphatic rings. The molecule has 0 aromatic heterocycles. The Balaban J connectivity index is 0.000000489. The summed E-state index contributed by atoms with van der Waals surface area (Å²) in [7, 11) is 0. The number of ketones is 1. The summed E-state index contributed by atoms with van der Waals surface area (Å²) in [6, 6.07) is 3.08. The minimum Gasteiger partial charge on any atom is -0.302 e. The molecule has 0 radical (unpaired) electrons. The van der Waals surface area contributed by atoms with E-state index in [1.54, 1.807) is 12.2 Å². The first-order valence-corrected chi connectivity index (χ1v) is 6.58. The van der Waals surface area contributed by atoms with Crippen LogP contribution in [-0.2, 0) is 9.59 Å². The second kappa shape index (κ2) is 8.94. The molecule has 1 aliphatic carbocycles. The minimum absolute atomic E-state index is 0.00593. The van der Waals surface area contributed by atoms with E-state index in [2.05, 4.69) is 0 Å². The molecule has 1 N–H and O–H groups in total. The Kier molecular flexibility index (Phi) is 8.04. The van der Waals surface area contributed by atoms with Crippen molar-refractivity contribution in [3.8, 4) is 0 Å². The first-order chi connectivity index (χ1) is 9.94. The van der Waals surface area contributed by atoms with E-state index < -0.39 is 17.0 Å². The molecule has 0 bridgehead atoms. The Morgan fingerprint density at radius 2 is 1.71 bits per heavy atom. The van der Waals surface area contributed by atoms with E-state index in [1.165, 1.54) is 6.07 Å². The number of rotatable bonds is 4. The largest absolute Gasteiger partial charge is 0.302 e. The van der Waals surface area contributed by atoms with E-state index in [-0.39, 0.29) is 11.3 Å². The lowest BCUT2D eigenvalue weighted by Gasteiger charge is -2.07. The maximum Gasteiger partial charge on any atom is 0.213 e. The predicted octanol–water partition coefficient (Wildman–Crippen LogP) is 2.86. The van der Waals surface area contributed by atoms with Gasteiger partial charge in [-0.05, 0) is 25.0 Å². The number of imide groups is 1. The van der Waals surface area contributed by atoms with E-state index in [0.717, 1.165) is 25.0 Å². The second-order valence-electron chi connectivity index (χ2n) is 4.42. The molecule has 116 valence electrons. The van der Waals surface area contributed by atoms with Crippen LogP contribution in [0.1, 0.15) is 44.0 Å². The molecule has 6 heteroatoms. The third-order valence-corrected chi connectivity index (χ3v) is 2.86. The SMILES string of the molecule is CC.CC1(C(=O)c2ccc(F)cc2F)CC1.O=CNC=O. The summed E-state index contributed by atoms with van der Waals surface area (Å²) in [6.07, 6.45) is 2.21. The van der Waals surface area contributed by atoms with E-state index in [4.69, 9.17) is 9.59 Å². The van der Waals surface area contributed by atoms with Crippen LogP contribution >= 0.6 is 0 Å². The van der Waals surface area contributed by atoms with Gasteiger partial charge in [-0.1, -0.05) is 20.8 Å². The first kappa shape index (κ1) is 18.9. The van der Waals surface area contributed by atoms with Gasteiger partial charge in [-0.3, -0.25) is 14.4 Å². The van der Waals surface area contributed by atoms with Crippen LogP contribution in [0.25, 0.3) is 0 Å². The van der Waals surface area contributed by atoms with Gasteiger partial charge in [-0.15, -0.1) is 0 Å². The monoisotopic (exact) mass is 299 g/mol. The number of carbonyl (C=O) groups is 3. The van der Waals surface area contributed by atoms with Gasteiger partial charge in [-0.2, -0.15) is 0 Å². The van der Waals surface area contributed by atoms with Crippen molar-refractivity contribution in [2.45, 2.75) is 33.6 Å². The quantitative estimate of drug-likeness (QED) is 0.687. The third-order valence-electron chi connectivity index (χ3n) is 2.86. The highest BCUT2D eigenvalue weighted by molar-refractivity contribution is 6.02. The predicted molar refractivity (Wildman–Crippen MR) is 74.6 cm³/mol. The van der Waals surface area contributed by atoms with E-state index in [1.807, 2.05) is 13.8 Å². The Morgan fingerprint density at radius 1 is 1.19 bits per heavy atom. The third kappa shape index (κ3) is 5.81. The molecule has 1 fully saturated rings. The topological polar surface area (TPSA) is 63.2 Å². The summed E-state index contributed by atoms with van der Waals surface area (Å²) >= 11 is 0. The normalized spacial score (nSPS) is 13.6. The fourth-order valence-corrected chi connectivity index (χ4v) is 1.44. The molecule has 1 saturated carbocycles. The van der Waals surface area contributed by atoms with Gasteiger partial charge in [0.15, 0.2) is 5.78 Å². The zero-order valence-electron chi connectivity index (χ0n) is 12.3. The van der Waals surface area contributed by atoms with Crippen LogP contribution < -0.4 is 5.32 Å². The van der Waals surface area contributed by atoms with Crippen molar-refractivity contribution in [2.75, 3.05) is 0 Å². The number of benzene rings is 1. The molecule has 1 aromatic rings. The van der Waals surface area contributed by atoms with Crippen LogP contribution in [-0.4, -0.2) is 18.6 Å². The van der Waals surface area contributed by atoms with Crippen molar-refractivity contribution in [1.82, 2.24) is 5.32 Å². The molecule has 2 rings (SSSR count). The number of carbonyl (C=O) groups excluding carboxylic acids is 3. The summed E-state index contributed by atoms with van der Waals surface area (Å²) in [4.78, 5) is 29.8. The molecule has 1 aromatic carbocycles. The van der Waals surface area contributed by atoms with Gasteiger partial charge in [0, 0.05) is 11.5 Å². The fourth-order valence-electron chi connectivity index (χ4n) is 1.44. The highest BCUT2D eigenvalue weighted by Crippen LogP contribution is 2.47. The van der Waals surface area contributed by atoms with Crippen molar-refractivity contribution in [1.29, 1.82) is 0 Å². The number of nitrogens with one attached hydrogen (secondary N) is 1. The van der Waals surface area contributed by atoms with Gasteiger partial charge in [0.05, 0.1) is 5.56 Å². The first-order valence-electron chi connectivity index (χ1n) is 6.58. The van der Waals surface area contributed by atoms with Crippen molar-refractivity contribution in [3.05, 3.63) is 35.4 Å². The maximum absolute atomic E-state index is 13.2. The van der Waals surface area contributed by atoms with Crippen LogP contribution in [0, 0.1) is 17.0 Å².